The number of rotatable bonds is 9. The highest BCUT2D eigenvalue weighted by molar-refractivity contribution is 5.94. The van der Waals surface area contributed by atoms with Crippen LogP contribution in [0.25, 0.3) is 0 Å². The van der Waals surface area contributed by atoms with Gasteiger partial charge in [-0.2, -0.15) is 0 Å². The van der Waals surface area contributed by atoms with Crippen LogP contribution < -0.4 is 14.8 Å². The second-order valence-corrected chi connectivity index (χ2v) is 7.38. The van der Waals surface area contributed by atoms with Gasteiger partial charge in [0.25, 0.3) is 5.91 Å². The van der Waals surface area contributed by atoms with Gasteiger partial charge in [-0.05, 0) is 62.6 Å². The second-order valence-electron chi connectivity index (χ2n) is 7.38. The van der Waals surface area contributed by atoms with Gasteiger partial charge in [-0.1, -0.05) is 18.2 Å². The number of carbonyl (C=O) groups is 2. The standard InChI is InChI=1S/C24H30N2O4/c1-4-29-21-13-12-20(15-22(21)30-5-2)17(3)25-24(28)19-10-8-18(9-11-19)16-26-14-6-7-23(26)27/h8-13,15,17H,4-7,14,16H2,1-3H3,(H,25,28). The largest absolute Gasteiger partial charge is 0.490 e. The summed E-state index contributed by atoms with van der Waals surface area (Å²) >= 11 is 0. The van der Waals surface area contributed by atoms with Crippen molar-refractivity contribution in [3.63, 3.8) is 0 Å². The van der Waals surface area contributed by atoms with Crippen LogP contribution in [0.5, 0.6) is 11.5 Å². The Morgan fingerprint density at radius 1 is 1.07 bits per heavy atom. The van der Waals surface area contributed by atoms with Crippen molar-refractivity contribution in [1.29, 1.82) is 0 Å². The molecule has 1 N–H and O–H groups in total. The molecule has 2 aromatic rings. The molecule has 3 rings (SSSR count). The summed E-state index contributed by atoms with van der Waals surface area (Å²) in [5.41, 5.74) is 2.57. The van der Waals surface area contributed by atoms with E-state index < -0.39 is 0 Å². The quantitative estimate of drug-likeness (QED) is 0.676. The summed E-state index contributed by atoms with van der Waals surface area (Å²) < 4.78 is 11.3. The van der Waals surface area contributed by atoms with E-state index in [1.165, 1.54) is 0 Å². The van der Waals surface area contributed by atoms with Crippen LogP contribution in [0.4, 0.5) is 0 Å². The van der Waals surface area contributed by atoms with E-state index in [0.29, 0.717) is 43.2 Å². The SMILES string of the molecule is CCOc1ccc(C(C)NC(=O)c2ccc(CN3CCCC3=O)cc2)cc1OCC. The Morgan fingerprint density at radius 2 is 1.77 bits per heavy atom. The summed E-state index contributed by atoms with van der Waals surface area (Å²) in [6.07, 6.45) is 1.56. The lowest BCUT2D eigenvalue weighted by atomic mass is 10.1. The highest BCUT2D eigenvalue weighted by atomic mass is 16.5. The normalized spacial score (nSPS) is 14.5. The first-order valence-corrected chi connectivity index (χ1v) is 10.6. The fourth-order valence-corrected chi connectivity index (χ4v) is 3.55. The summed E-state index contributed by atoms with van der Waals surface area (Å²) in [7, 11) is 0. The third-order valence-electron chi connectivity index (χ3n) is 5.18. The molecule has 1 unspecified atom stereocenters. The molecule has 1 fully saturated rings. The highest BCUT2D eigenvalue weighted by Crippen LogP contribution is 2.30. The van der Waals surface area contributed by atoms with Gasteiger partial charge in [-0.15, -0.1) is 0 Å². The number of hydrogen-bond acceptors (Lipinski definition) is 4. The zero-order chi connectivity index (χ0) is 21.5. The van der Waals surface area contributed by atoms with Crippen molar-refractivity contribution in [3.05, 3.63) is 59.2 Å². The number of nitrogens with one attached hydrogen (secondary N) is 1. The Hall–Kier alpha value is -3.02. The van der Waals surface area contributed by atoms with E-state index in [2.05, 4.69) is 5.32 Å². The van der Waals surface area contributed by atoms with Gasteiger partial charge in [0.2, 0.25) is 5.91 Å². The molecule has 1 aliphatic heterocycles. The van der Waals surface area contributed by atoms with Crippen LogP contribution in [-0.2, 0) is 11.3 Å². The first-order chi connectivity index (χ1) is 14.5. The molecule has 6 nitrogen and oxygen atoms in total. The third-order valence-corrected chi connectivity index (χ3v) is 5.18. The van der Waals surface area contributed by atoms with Crippen molar-refractivity contribution >= 4 is 11.8 Å². The van der Waals surface area contributed by atoms with Crippen LogP contribution in [-0.4, -0.2) is 36.5 Å². The molecule has 2 amide bonds. The molecule has 0 bridgehead atoms. The van der Waals surface area contributed by atoms with E-state index in [0.717, 1.165) is 24.1 Å². The van der Waals surface area contributed by atoms with Crippen LogP contribution in [0.1, 0.15) is 61.1 Å². The van der Waals surface area contributed by atoms with E-state index in [-0.39, 0.29) is 17.9 Å². The van der Waals surface area contributed by atoms with Gasteiger partial charge in [0.05, 0.1) is 19.3 Å². The number of ether oxygens (including phenoxy) is 2. The maximum Gasteiger partial charge on any atom is 0.251 e. The Bertz CT molecular complexity index is 879. The first kappa shape index (κ1) is 21.7. The number of likely N-dealkylation sites (tertiary alicyclic amines) is 1. The lowest BCUT2D eigenvalue weighted by Crippen LogP contribution is -2.27. The molecule has 1 aliphatic rings. The number of hydrogen-bond donors (Lipinski definition) is 1. The third kappa shape index (κ3) is 5.32. The van der Waals surface area contributed by atoms with Gasteiger partial charge in [0.15, 0.2) is 11.5 Å². The van der Waals surface area contributed by atoms with E-state index in [1.54, 1.807) is 0 Å². The predicted molar refractivity (Wildman–Crippen MR) is 116 cm³/mol. The topological polar surface area (TPSA) is 67.9 Å². The molecular weight excluding hydrogens is 380 g/mol. The fraction of sp³-hybridized carbons (Fsp3) is 0.417. The van der Waals surface area contributed by atoms with Crippen LogP contribution in [0, 0.1) is 0 Å². The average Bonchev–Trinajstić information content (AvgIpc) is 3.14. The number of nitrogens with zero attached hydrogens (tertiary/aromatic N) is 1. The zero-order valence-electron chi connectivity index (χ0n) is 17.9. The van der Waals surface area contributed by atoms with Crippen molar-refractivity contribution in [2.45, 2.75) is 46.2 Å². The molecule has 1 heterocycles. The Morgan fingerprint density at radius 3 is 2.40 bits per heavy atom. The summed E-state index contributed by atoms with van der Waals surface area (Å²) in [6, 6.07) is 13.0. The van der Waals surface area contributed by atoms with E-state index in [4.69, 9.17) is 9.47 Å². The molecule has 0 aromatic heterocycles. The lowest BCUT2D eigenvalue weighted by Gasteiger charge is -2.18. The molecule has 0 spiro atoms. The van der Waals surface area contributed by atoms with Gasteiger partial charge in [-0.25, -0.2) is 0 Å². The molecule has 0 aliphatic carbocycles. The van der Waals surface area contributed by atoms with Crippen molar-refractivity contribution < 1.29 is 19.1 Å². The first-order valence-electron chi connectivity index (χ1n) is 10.6. The van der Waals surface area contributed by atoms with Crippen LogP contribution in [0.15, 0.2) is 42.5 Å². The Balaban J connectivity index is 1.63. The summed E-state index contributed by atoms with van der Waals surface area (Å²) in [5.74, 6) is 1.44. The van der Waals surface area contributed by atoms with E-state index in [9.17, 15) is 9.59 Å². The van der Waals surface area contributed by atoms with Crippen molar-refractivity contribution in [2.24, 2.45) is 0 Å². The summed E-state index contributed by atoms with van der Waals surface area (Å²) in [6.45, 7) is 8.31. The Labute approximate surface area is 178 Å². The number of amides is 2. The molecule has 2 aromatic carbocycles. The van der Waals surface area contributed by atoms with E-state index in [1.807, 2.05) is 68.1 Å². The van der Waals surface area contributed by atoms with Crippen molar-refractivity contribution in [2.75, 3.05) is 19.8 Å². The van der Waals surface area contributed by atoms with Gasteiger partial charge in [-0.3, -0.25) is 9.59 Å². The van der Waals surface area contributed by atoms with Gasteiger partial charge in [0.1, 0.15) is 0 Å². The van der Waals surface area contributed by atoms with Crippen LogP contribution >= 0.6 is 0 Å². The van der Waals surface area contributed by atoms with Gasteiger partial charge >= 0.3 is 0 Å². The van der Waals surface area contributed by atoms with Crippen molar-refractivity contribution in [1.82, 2.24) is 10.2 Å². The minimum absolute atomic E-state index is 0.141. The minimum Gasteiger partial charge on any atom is -0.490 e. The molecule has 1 atom stereocenters. The molecule has 6 heteroatoms. The van der Waals surface area contributed by atoms with E-state index >= 15 is 0 Å². The smallest absolute Gasteiger partial charge is 0.251 e. The zero-order valence-corrected chi connectivity index (χ0v) is 17.9. The molecule has 30 heavy (non-hydrogen) atoms. The molecule has 160 valence electrons. The molecule has 0 radical (unpaired) electrons. The van der Waals surface area contributed by atoms with Gasteiger partial charge in [0, 0.05) is 25.1 Å². The van der Waals surface area contributed by atoms with Crippen LogP contribution in [0.3, 0.4) is 0 Å². The second kappa shape index (κ2) is 10.1. The number of carbonyl (C=O) groups excluding carboxylic acids is 2. The molecule has 0 saturated carbocycles. The number of benzene rings is 2. The maximum atomic E-state index is 12.7. The maximum absolute atomic E-state index is 12.7. The molecule has 1 saturated heterocycles. The summed E-state index contributed by atoms with van der Waals surface area (Å²) in [4.78, 5) is 26.3. The monoisotopic (exact) mass is 410 g/mol. The fourth-order valence-electron chi connectivity index (χ4n) is 3.55. The highest BCUT2D eigenvalue weighted by Gasteiger charge is 2.20. The predicted octanol–water partition coefficient (Wildman–Crippen LogP) is 4.10. The average molecular weight is 411 g/mol. The Kier molecular flexibility index (Phi) is 7.33. The summed E-state index contributed by atoms with van der Waals surface area (Å²) in [5, 5.41) is 3.03. The van der Waals surface area contributed by atoms with Gasteiger partial charge < -0.3 is 19.7 Å². The lowest BCUT2D eigenvalue weighted by molar-refractivity contribution is -0.128. The minimum atomic E-state index is -0.186. The molecular formula is C24H30N2O4. The van der Waals surface area contributed by atoms with Crippen molar-refractivity contribution in [3.8, 4) is 11.5 Å². The van der Waals surface area contributed by atoms with Crippen LogP contribution in [0.2, 0.25) is 0 Å².